The van der Waals surface area contributed by atoms with Crippen molar-refractivity contribution in [3.63, 3.8) is 0 Å². The first-order valence-electron chi connectivity index (χ1n) is 13.9. The van der Waals surface area contributed by atoms with Gasteiger partial charge in [-0.2, -0.15) is 0 Å². The van der Waals surface area contributed by atoms with Gasteiger partial charge in [0.2, 0.25) is 11.8 Å². The highest BCUT2D eigenvalue weighted by Gasteiger charge is 2.34. The summed E-state index contributed by atoms with van der Waals surface area (Å²) in [7, 11) is -4.15. The predicted octanol–water partition coefficient (Wildman–Crippen LogP) is 5.77. The molecule has 9 heteroatoms. The smallest absolute Gasteiger partial charge is 0.264 e. The Kier molecular flexibility index (Phi) is 11.4. The molecular formula is C32H40ClN3O4S. The number of halogens is 1. The van der Waals surface area contributed by atoms with Crippen LogP contribution in [0.5, 0.6) is 0 Å². The number of carbonyl (C=O) groups is 2. The van der Waals surface area contributed by atoms with E-state index in [2.05, 4.69) is 5.32 Å². The minimum absolute atomic E-state index is 0.0628. The summed E-state index contributed by atoms with van der Waals surface area (Å²) in [5, 5.41) is 3.30. The van der Waals surface area contributed by atoms with Crippen molar-refractivity contribution in [1.82, 2.24) is 10.2 Å². The van der Waals surface area contributed by atoms with Gasteiger partial charge in [0, 0.05) is 18.1 Å². The van der Waals surface area contributed by atoms with Crippen molar-refractivity contribution in [3.05, 3.63) is 94.5 Å². The lowest BCUT2D eigenvalue weighted by Crippen LogP contribution is -2.53. The van der Waals surface area contributed by atoms with E-state index >= 15 is 0 Å². The van der Waals surface area contributed by atoms with Gasteiger partial charge in [-0.25, -0.2) is 8.42 Å². The van der Waals surface area contributed by atoms with E-state index in [0.29, 0.717) is 35.7 Å². The molecule has 0 heterocycles. The van der Waals surface area contributed by atoms with E-state index in [0.717, 1.165) is 15.4 Å². The van der Waals surface area contributed by atoms with E-state index in [1.807, 2.05) is 58.0 Å². The van der Waals surface area contributed by atoms with E-state index in [1.165, 1.54) is 17.0 Å². The fourth-order valence-electron chi connectivity index (χ4n) is 4.52. The number of aryl methyl sites for hydroxylation is 2. The third kappa shape index (κ3) is 8.57. The number of sulfonamides is 1. The van der Waals surface area contributed by atoms with E-state index in [4.69, 9.17) is 11.6 Å². The number of nitrogens with zero attached hydrogens (tertiary/aromatic N) is 2. The number of carbonyl (C=O) groups excluding carboxylic acids is 2. The quantitative estimate of drug-likeness (QED) is 0.271. The number of hydrogen-bond acceptors (Lipinski definition) is 4. The molecule has 0 saturated heterocycles. The first kappa shape index (κ1) is 32.2. The molecule has 0 bridgehead atoms. The molecule has 0 fully saturated rings. The maximum atomic E-state index is 14.1. The molecule has 3 aromatic carbocycles. The number of amides is 2. The third-order valence-corrected chi connectivity index (χ3v) is 8.89. The molecule has 0 unspecified atom stereocenters. The maximum Gasteiger partial charge on any atom is 0.264 e. The van der Waals surface area contributed by atoms with Crippen molar-refractivity contribution < 1.29 is 18.0 Å². The van der Waals surface area contributed by atoms with Crippen molar-refractivity contribution in [2.45, 2.75) is 58.4 Å². The summed E-state index contributed by atoms with van der Waals surface area (Å²) in [5.41, 5.74) is 2.88. The van der Waals surface area contributed by atoms with Crippen molar-refractivity contribution in [1.29, 1.82) is 0 Å². The molecule has 1 atom stereocenters. The Bertz CT molecular complexity index is 1430. The topological polar surface area (TPSA) is 86.8 Å². The van der Waals surface area contributed by atoms with Gasteiger partial charge in [0.1, 0.15) is 12.6 Å². The highest BCUT2D eigenvalue weighted by atomic mass is 35.5. The fraction of sp³-hybridized carbons (Fsp3) is 0.375. The molecule has 1 N–H and O–H groups in total. The first-order valence-corrected chi connectivity index (χ1v) is 15.7. The van der Waals surface area contributed by atoms with Crippen LogP contribution in [0.1, 0.15) is 43.9 Å². The maximum absolute atomic E-state index is 14.1. The molecule has 0 aliphatic carbocycles. The molecule has 41 heavy (non-hydrogen) atoms. The average molecular weight is 598 g/mol. The predicted molar refractivity (Wildman–Crippen MR) is 166 cm³/mol. The molecular weight excluding hydrogens is 558 g/mol. The van der Waals surface area contributed by atoms with Gasteiger partial charge in [-0.3, -0.25) is 13.9 Å². The van der Waals surface area contributed by atoms with Gasteiger partial charge in [0.05, 0.1) is 10.6 Å². The van der Waals surface area contributed by atoms with Crippen LogP contribution in [-0.4, -0.2) is 50.8 Å². The zero-order valence-corrected chi connectivity index (χ0v) is 26.0. The van der Waals surface area contributed by atoms with E-state index in [9.17, 15) is 18.0 Å². The van der Waals surface area contributed by atoms with Crippen LogP contribution < -0.4 is 9.62 Å². The van der Waals surface area contributed by atoms with Crippen LogP contribution in [0.15, 0.2) is 77.7 Å². The van der Waals surface area contributed by atoms with Crippen LogP contribution in [0.3, 0.4) is 0 Å². The minimum Gasteiger partial charge on any atom is -0.354 e. The zero-order valence-electron chi connectivity index (χ0n) is 24.4. The highest BCUT2D eigenvalue weighted by Crippen LogP contribution is 2.30. The lowest BCUT2D eigenvalue weighted by atomic mass is 10.1. The summed E-state index contributed by atoms with van der Waals surface area (Å²) in [4.78, 5) is 29.0. The molecule has 0 radical (unpaired) electrons. The molecule has 3 aromatic rings. The fourth-order valence-corrected chi connectivity index (χ4v) is 6.16. The van der Waals surface area contributed by atoms with Gasteiger partial charge < -0.3 is 10.2 Å². The standard InChI is InChI=1S/C32H40ClN3O4S/c1-6-29(32(38)34-21-23(2)3)35(19-18-26-10-8-7-9-11-26)31(37)22-36(30-20-27(33)15-14-25(30)5)41(39,40)28-16-12-24(4)13-17-28/h7-17,20,23,29H,6,18-19,21-22H2,1-5H3,(H,34,38)/t29-/m0/s1. The summed E-state index contributed by atoms with van der Waals surface area (Å²) >= 11 is 6.30. The second-order valence-corrected chi connectivity index (χ2v) is 12.9. The monoisotopic (exact) mass is 597 g/mol. The van der Waals surface area contributed by atoms with E-state index < -0.39 is 28.5 Å². The van der Waals surface area contributed by atoms with Crippen molar-refractivity contribution in [3.8, 4) is 0 Å². The van der Waals surface area contributed by atoms with Crippen LogP contribution in [0, 0.1) is 19.8 Å². The Balaban J connectivity index is 2.04. The van der Waals surface area contributed by atoms with E-state index in [-0.39, 0.29) is 23.3 Å². The zero-order chi connectivity index (χ0) is 30.2. The Morgan fingerprint density at radius 3 is 2.22 bits per heavy atom. The number of nitrogens with one attached hydrogen (secondary N) is 1. The van der Waals surface area contributed by atoms with Gasteiger partial charge in [0.25, 0.3) is 10.0 Å². The Morgan fingerprint density at radius 1 is 0.951 bits per heavy atom. The molecule has 7 nitrogen and oxygen atoms in total. The van der Waals surface area contributed by atoms with Crippen LogP contribution in [0.4, 0.5) is 5.69 Å². The summed E-state index contributed by atoms with van der Waals surface area (Å²) < 4.78 is 29.2. The first-order chi connectivity index (χ1) is 19.4. The molecule has 220 valence electrons. The lowest BCUT2D eigenvalue weighted by Gasteiger charge is -2.33. The van der Waals surface area contributed by atoms with Gasteiger partial charge in [-0.15, -0.1) is 0 Å². The van der Waals surface area contributed by atoms with Crippen molar-refractivity contribution in [2.75, 3.05) is 23.9 Å². The number of rotatable bonds is 13. The number of hydrogen-bond donors (Lipinski definition) is 1. The summed E-state index contributed by atoms with van der Waals surface area (Å²) in [6, 6.07) is 20.4. The van der Waals surface area contributed by atoms with Gasteiger partial charge in [-0.05, 0) is 68.0 Å². The molecule has 2 amide bonds. The molecule has 0 aliphatic heterocycles. The Morgan fingerprint density at radius 2 is 1.61 bits per heavy atom. The van der Waals surface area contributed by atoms with Gasteiger partial charge in [-0.1, -0.05) is 86.5 Å². The van der Waals surface area contributed by atoms with Gasteiger partial charge >= 0.3 is 0 Å². The molecule has 0 aromatic heterocycles. The summed E-state index contributed by atoms with van der Waals surface area (Å²) in [6.45, 7) is 9.74. The van der Waals surface area contributed by atoms with Crippen molar-refractivity contribution in [2.24, 2.45) is 5.92 Å². The second-order valence-electron chi connectivity index (χ2n) is 10.6. The molecule has 0 spiro atoms. The van der Waals surface area contributed by atoms with Crippen LogP contribution in [-0.2, 0) is 26.0 Å². The SMILES string of the molecule is CC[C@@H](C(=O)NCC(C)C)N(CCc1ccccc1)C(=O)CN(c1cc(Cl)ccc1C)S(=O)(=O)c1ccc(C)cc1. The molecule has 0 aliphatic rings. The molecule has 3 rings (SSSR count). The van der Waals surface area contributed by atoms with Crippen LogP contribution in [0.2, 0.25) is 5.02 Å². The average Bonchev–Trinajstić information content (AvgIpc) is 2.94. The third-order valence-electron chi connectivity index (χ3n) is 6.88. The number of anilines is 1. The van der Waals surface area contributed by atoms with Gasteiger partial charge in [0.15, 0.2) is 0 Å². The second kappa shape index (κ2) is 14.5. The van der Waals surface area contributed by atoms with Crippen LogP contribution in [0.25, 0.3) is 0 Å². The molecule has 0 saturated carbocycles. The summed E-state index contributed by atoms with van der Waals surface area (Å²) in [6.07, 6.45) is 0.896. The largest absolute Gasteiger partial charge is 0.354 e. The normalized spacial score (nSPS) is 12.2. The van der Waals surface area contributed by atoms with E-state index in [1.54, 1.807) is 37.3 Å². The van der Waals surface area contributed by atoms with Crippen molar-refractivity contribution >= 4 is 39.1 Å². The summed E-state index contributed by atoms with van der Waals surface area (Å²) in [5.74, 6) is -0.483. The highest BCUT2D eigenvalue weighted by molar-refractivity contribution is 7.92. The Labute approximate surface area is 249 Å². The van der Waals surface area contributed by atoms with Crippen LogP contribution >= 0.6 is 11.6 Å². The lowest BCUT2D eigenvalue weighted by molar-refractivity contribution is -0.139. The Hall–Kier alpha value is -3.36. The number of benzene rings is 3. The minimum atomic E-state index is -4.15.